The van der Waals surface area contributed by atoms with Gasteiger partial charge in [-0.05, 0) is 13.8 Å². The minimum absolute atomic E-state index is 0.0653. The number of aryl methyl sites for hydroxylation is 1. The number of aromatic nitrogens is 4. The molecule has 6 nitrogen and oxygen atoms in total. The van der Waals surface area contributed by atoms with Gasteiger partial charge in [-0.25, -0.2) is 4.98 Å². The van der Waals surface area contributed by atoms with Gasteiger partial charge in [-0.1, -0.05) is 13.8 Å². The van der Waals surface area contributed by atoms with E-state index in [1.807, 2.05) is 31.7 Å². The fraction of sp³-hybridized carbons (Fsp3) is 0.533. The molecule has 0 aliphatic rings. The van der Waals surface area contributed by atoms with Crippen molar-refractivity contribution in [2.75, 3.05) is 7.05 Å². The number of amides is 1. The molecule has 0 spiro atoms. The van der Waals surface area contributed by atoms with Crippen LogP contribution in [0.3, 0.4) is 0 Å². The molecular formula is C15H23N5O. The minimum Gasteiger partial charge on any atom is -0.340 e. The fourth-order valence-corrected chi connectivity index (χ4v) is 2.41. The molecule has 2 aromatic heterocycles. The summed E-state index contributed by atoms with van der Waals surface area (Å²) in [5, 5.41) is 6.88. The first-order chi connectivity index (χ1) is 9.91. The van der Waals surface area contributed by atoms with Crippen LogP contribution in [0.25, 0.3) is 0 Å². The van der Waals surface area contributed by atoms with Crippen molar-refractivity contribution in [3.63, 3.8) is 0 Å². The van der Waals surface area contributed by atoms with E-state index < -0.39 is 0 Å². The second-order valence-corrected chi connectivity index (χ2v) is 5.74. The molecule has 0 saturated carbocycles. The average molecular weight is 289 g/mol. The Morgan fingerprint density at radius 1 is 1.43 bits per heavy atom. The first-order valence-electron chi connectivity index (χ1n) is 7.18. The van der Waals surface area contributed by atoms with Gasteiger partial charge in [0.05, 0.1) is 6.20 Å². The van der Waals surface area contributed by atoms with Crippen molar-refractivity contribution in [1.82, 2.24) is 24.6 Å². The number of carbonyl (C=O) groups is 1. The number of nitrogens with zero attached hydrogens (tertiary/aromatic N) is 4. The number of nitrogens with one attached hydrogen (secondary N) is 1. The molecular weight excluding hydrogens is 266 g/mol. The molecule has 1 amide bonds. The number of hydrogen-bond acceptors (Lipinski definition) is 3. The summed E-state index contributed by atoms with van der Waals surface area (Å²) in [7, 11) is 1.82. The molecule has 0 aliphatic heterocycles. The Labute approximate surface area is 125 Å². The lowest BCUT2D eigenvalue weighted by Crippen LogP contribution is -2.33. The Kier molecular flexibility index (Phi) is 4.45. The molecule has 0 aliphatic carbocycles. The normalized spacial score (nSPS) is 12.7. The fourth-order valence-electron chi connectivity index (χ4n) is 2.41. The van der Waals surface area contributed by atoms with Crippen molar-refractivity contribution >= 4 is 5.91 Å². The molecule has 1 atom stereocenters. The van der Waals surface area contributed by atoms with Gasteiger partial charge < -0.3 is 9.47 Å². The lowest BCUT2D eigenvalue weighted by molar-refractivity contribution is -0.133. The van der Waals surface area contributed by atoms with E-state index in [1.165, 1.54) is 0 Å². The summed E-state index contributed by atoms with van der Waals surface area (Å²) >= 11 is 0. The maximum absolute atomic E-state index is 12.6. The molecule has 2 rings (SSSR count). The molecule has 0 saturated heterocycles. The summed E-state index contributed by atoms with van der Waals surface area (Å²) in [6.45, 7) is 8.58. The van der Waals surface area contributed by atoms with Crippen LogP contribution in [0.5, 0.6) is 0 Å². The van der Waals surface area contributed by atoms with E-state index in [4.69, 9.17) is 0 Å². The Bertz CT molecular complexity index is 613. The molecule has 0 aromatic carbocycles. The predicted molar refractivity (Wildman–Crippen MR) is 80.8 cm³/mol. The van der Waals surface area contributed by atoms with E-state index >= 15 is 0 Å². The first-order valence-corrected chi connectivity index (χ1v) is 7.18. The smallest absolute Gasteiger partial charge is 0.245 e. The Balaban J connectivity index is 2.11. The number of imidazole rings is 1. The van der Waals surface area contributed by atoms with Gasteiger partial charge >= 0.3 is 0 Å². The lowest BCUT2D eigenvalue weighted by Gasteiger charge is -2.24. The zero-order valence-electron chi connectivity index (χ0n) is 13.3. The average Bonchev–Trinajstić information content (AvgIpc) is 3.06. The highest BCUT2D eigenvalue weighted by molar-refractivity contribution is 5.79. The number of aromatic amines is 1. The van der Waals surface area contributed by atoms with E-state index in [9.17, 15) is 4.79 Å². The highest BCUT2D eigenvalue weighted by Gasteiger charge is 2.22. The van der Waals surface area contributed by atoms with Crippen LogP contribution in [0.4, 0.5) is 0 Å². The van der Waals surface area contributed by atoms with Gasteiger partial charge in [0.2, 0.25) is 5.91 Å². The van der Waals surface area contributed by atoms with Crippen molar-refractivity contribution in [3.05, 3.63) is 35.7 Å². The van der Waals surface area contributed by atoms with Crippen LogP contribution in [-0.4, -0.2) is 37.6 Å². The van der Waals surface area contributed by atoms with Crippen LogP contribution in [0, 0.1) is 6.92 Å². The summed E-state index contributed by atoms with van der Waals surface area (Å²) in [6, 6.07) is -0.262. The molecule has 2 heterocycles. The Hall–Kier alpha value is -2.11. The first kappa shape index (κ1) is 15.3. The van der Waals surface area contributed by atoms with E-state index in [0.29, 0.717) is 6.54 Å². The number of hydrogen-bond donors (Lipinski definition) is 1. The maximum Gasteiger partial charge on any atom is 0.245 e. The van der Waals surface area contributed by atoms with Gasteiger partial charge in [-0.2, -0.15) is 5.10 Å². The standard InChI is InChI=1S/C15H23N5O/c1-10(2)14-16-6-7-20(14)12(4)15(21)19(5)9-13-8-17-18-11(13)3/h6-8,10,12H,9H2,1-5H3,(H,17,18)/t12-/m0/s1. The van der Waals surface area contributed by atoms with E-state index in [2.05, 4.69) is 29.0 Å². The molecule has 0 bridgehead atoms. The highest BCUT2D eigenvalue weighted by Crippen LogP contribution is 2.19. The van der Waals surface area contributed by atoms with Crippen LogP contribution in [-0.2, 0) is 11.3 Å². The monoisotopic (exact) mass is 289 g/mol. The highest BCUT2D eigenvalue weighted by atomic mass is 16.2. The van der Waals surface area contributed by atoms with Gasteiger partial charge in [0.25, 0.3) is 0 Å². The summed E-state index contributed by atoms with van der Waals surface area (Å²) < 4.78 is 1.95. The number of rotatable bonds is 5. The van der Waals surface area contributed by atoms with Crippen LogP contribution in [0.15, 0.2) is 18.6 Å². The molecule has 21 heavy (non-hydrogen) atoms. The third kappa shape index (κ3) is 3.15. The van der Waals surface area contributed by atoms with Gasteiger partial charge in [-0.15, -0.1) is 0 Å². The zero-order valence-corrected chi connectivity index (χ0v) is 13.3. The van der Waals surface area contributed by atoms with Crippen molar-refractivity contribution in [2.45, 2.75) is 46.2 Å². The summed E-state index contributed by atoms with van der Waals surface area (Å²) in [5.74, 6) is 1.29. The Morgan fingerprint density at radius 2 is 2.14 bits per heavy atom. The molecule has 0 fully saturated rings. The molecule has 1 N–H and O–H groups in total. The third-order valence-corrected chi connectivity index (χ3v) is 3.71. The molecule has 0 unspecified atom stereocenters. The quantitative estimate of drug-likeness (QED) is 0.918. The zero-order chi connectivity index (χ0) is 15.6. The van der Waals surface area contributed by atoms with E-state index in [0.717, 1.165) is 17.1 Å². The summed E-state index contributed by atoms with van der Waals surface area (Å²) in [4.78, 5) is 18.7. The molecule has 114 valence electrons. The van der Waals surface area contributed by atoms with Crippen molar-refractivity contribution in [3.8, 4) is 0 Å². The second kappa shape index (κ2) is 6.11. The van der Waals surface area contributed by atoms with Gasteiger partial charge in [0.1, 0.15) is 11.9 Å². The van der Waals surface area contributed by atoms with Gasteiger partial charge in [0.15, 0.2) is 0 Å². The Morgan fingerprint density at radius 3 is 2.71 bits per heavy atom. The largest absolute Gasteiger partial charge is 0.340 e. The second-order valence-electron chi connectivity index (χ2n) is 5.74. The van der Waals surface area contributed by atoms with Crippen molar-refractivity contribution < 1.29 is 4.79 Å². The third-order valence-electron chi connectivity index (χ3n) is 3.71. The number of likely N-dealkylation sites (N-methyl/N-ethyl adjacent to an activating group) is 1. The SMILES string of the molecule is Cc1[nH]ncc1CN(C)C(=O)[C@H](C)n1ccnc1C(C)C. The molecule has 2 aromatic rings. The predicted octanol–water partition coefficient (Wildman–Crippen LogP) is 2.26. The summed E-state index contributed by atoms with van der Waals surface area (Å²) in [5.41, 5.74) is 2.03. The van der Waals surface area contributed by atoms with Crippen molar-refractivity contribution in [2.24, 2.45) is 0 Å². The number of carbonyl (C=O) groups excluding carboxylic acids is 1. The minimum atomic E-state index is -0.262. The van der Waals surface area contributed by atoms with Gasteiger partial charge in [-0.3, -0.25) is 9.89 Å². The topological polar surface area (TPSA) is 66.8 Å². The van der Waals surface area contributed by atoms with E-state index in [1.54, 1.807) is 17.3 Å². The molecule has 6 heteroatoms. The maximum atomic E-state index is 12.6. The van der Waals surface area contributed by atoms with Crippen LogP contribution < -0.4 is 0 Å². The van der Waals surface area contributed by atoms with Crippen molar-refractivity contribution in [1.29, 1.82) is 0 Å². The molecule has 0 radical (unpaired) electrons. The summed E-state index contributed by atoms with van der Waals surface area (Å²) in [6.07, 6.45) is 5.38. The van der Waals surface area contributed by atoms with Gasteiger partial charge in [0, 0.05) is 43.2 Å². The van der Waals surface area contributed by atoms with Crippen LogP contribution in [0.2, 0.25) is 0 Å². The van der Waals surface area contributed by atoms with Crippen LogP contribution in [0.1, 0.15) is 49.8 Å². The van der Waals surface area contributed by atoms with E-state index in [-0.39, 0.29) is 17.9 Å². The van der Waals surface area contributed by atoms with Crippen LogP contribution >= 0.6 is 0 Å². The lowest BCUT2D eigenvalue weighted by atomic mass is 10.2. The number of H-pyrrole nitrogens is 1.